The average molecular weight is 337 g/mol. The summed E-state index contributed by atoms with van der Waals surface area (Å²) in [6, 6.07) is 16.0. The first-order valence-corrected chi connectivity index (χ1v) is 7.81. The van der Waals surface area contributed by atoms with Crippen molar-refractivity contribution in [1.29, 1.82) is 5.26 Å². The van der Waals surface area contributed by atoms with E-state index in [0.717, 1.165) is 23.3 Å². The number of hydrogen-bond acceptors (Lipinski definition) is 4. The summed E-state index contributed by atoms with van der Waals surface area (Å²) in [6.07, 6.45) is 1.42. The molecular weight excluding hydrogens is 318 g/mol. The lowest BCUT2D eigenvalue weighted by molar-refractivity contribution is 0.0963. The van der Waals surface area contributed by atoms with Gasteiger partial charge in [0.05, 0.1) is 13.2 Å². The van der Waals surface area contributed by atoms with Crippen molar-refractivity contribution in [1.82, 2.24) is 10.6 Å². The number of methoxy groups -OCH3 is 1. The molecule has 0 aliphatic rings. The predicted molar refractivity (Wildman–Crippen MR) is 93.3 cm³/mol. The zero-order valence-corrected chi connectivity index (χ0v) is 13.9. The molecular formula is C19H19N3O3. The topological polar surface area (TPSA) is 91.2 Å². The number of benzene rings is 2. The van der Waals surface area contributed by atoms with Gasteiger partial charge in [-0.1, -0.05) is 30.3 Å². The number of imide groups is 1. The Morgan fingerprint density at radius 1 is 1.08 bits per heavy atom. The molecule has 6 nitrogen and oxygen atoms in total. The summed E-state index contributed by atoms with van der Waals surface area (Å²) in [7, 11) is 1.62. The highest BCUT2D eigenvalue weighted by Gasteiger charge is 2.13. The molecule has 25 heavy (non-hydrogen) atoms. The Bertz CT molecular complexity index is 779. The van der Waals surface area contributed by atoms with Crippen molar-refractivity contribution in [3.05, 3.63) is 65.2 Å². The van der Waals surface area contributed by atoms with Gasteiger partial charge >= 0.3 is 6.03 Å². The van der Waals surface area contributed by atoms with Crippen molar-refractivity contribution < 1.29 is 14.3 Å². The molecule has 0 aliphatic heterocycles. The van der Waals surface area contributed by atoms with Gasteiger partial charge in [-0.05, 0) is 42.2 Å². The summed E-state index contributed by atoms with van der Waals surface area (Å²) in [5, 5.41) is 12.9. The molecule has 0 atom stereocenters. The molecule has 0 spiro atoms. The minimum Gasteiger partial charge on any atom is -0.497 e. The minimum absolute atomic E-state index is 0.155. The van der Waals surface area contributed by atoms with Crippen molar-refractivity contribution in [3.8, 4) is 11.8 Å². The van der Waals surface area contributed by atoms with Gasteiger partial charge in [-0.2, -0.15) is 5.26 Å². The summed E-state index contributed by atoms with van der Waals surface area (Å²) in [5.74, 6) is 0.313. The summed E-state index contributed by atoms with van der Waals surface area (Å²) in [4.78, 5) is 23.8. The zero-order chi connectivity index (χ0) is 18.1. The Morgan fingerprint density at radius 2 is 1.80 bits per heavy atom. The van der Waals surface area contributed by atoms with Crippen LogP contribution in [0.2, 0.25) is 0 Å². The average Bonchev–Trinajstić information content (AvgIpc) is 2.65. The van der Waals surface area contributed by atoms with E-state index in [0.29, 0.717) is 12.0 Å². The van der Waals surface area contributed by atoms with Crippen LogP contribution in [0.3, 0.4) is 0 Å². The third-order valence-electron chi connectivity index (χ3n) is 3.66. The van der Waals surface area contributed by atoms with Gasteiger partial charge in [-0.15, -0.1) is 0 Å². The lowest BCUT2D eigenvalue weighted by atomic mass is 9.99. The van der Waals surface area contributed by atoms with E-state index in [4.69, 9.17) is 10.00 Å². The van der Waals surface area contributed by atoms with Crippen molar-refractivity contribution in [2.75, 3.05) is 13.7 Å². The van der Waals surface area contributed by atoms with Crippen LogP contribution in [0.5, 0.6) is 5.75 Å². The third kappa shape index (κ3) is 5.36. The van der Waals surface area contributed by atoms with Gasteiger partial charge in [0.25, 0.3) is 5.91 Å². The van der Waals surface area contributed by atoms with Crippen LogP contribution >= 0.6 is 0 Å². The molecule has 0 heterocycles. The first-order valence-electron chi connectivity index (χ1n) is 7.81. The van der Waals surface area contributed by atoms with Crippen molar-refractivity contribution in [2.45, 2.75) is 12.8 Å². The summed E-state index contributed by atoms with van der Waals surface area (Å²) in [6.45, 7) is -0.155. The van der Waals surface area contributed by atoms with Gasteiger partial charge in [-0.3, -0.25) is 10.1 Å². The number of ether oxygens (including phenoxy) is 1. The third-order valence-corrected chi connectivity index (χ3v) is 3.66. The maximum atomic E-state index is 12.3. The zero-order valence-electron chi connectivity index (χ0n) is 13.9. The van der Waals surface area contributed by atoms with E-state index in [-0.39, 0.29) is 6.54 Å². The molecule has 3 amide bonds. The molecule has 0 saturated carbocycles. The fraction of sp³-hybridized carbons (Fsp3) is 0.211. The van der Waals surface area contributed by atoms with E-state index in [2.05, 4.69) is 10.6 Å². The molecule has 6 heteroatoms. The Hall–Kier alpha value is -3.33. The molecule has 2 N–H and O–H groups in total. The molecule has 0 bridgehead atoms. The van der Waals surface area contributed by atoms with Gasteiger partial charge in [0.2, 0.25) is 0 Å². The van der Waals surface area contributed by atoms with Crippen LogP contribution in [0.25, 0.3) is 0 Å². The monoisotopic (exact) mass is 337 g/mol. The highest BCUT2D eigenvalue weighted by Crippen LogP contribution is 2.15. The van der Waals surface area contributed by atoms with E-state index < -0.39 is 11.9 Å². The van der Waals surface area contributed by atoms with Gasteiger partial charge in [0.1, 0.15) is 12.3 Å². The SMILES string of the molecule is COc1ccc(CCc2ccccc2C(=O)NC(=O)NCC#N)cc1. The van der Waals surface area contributed by atoms with Crippen LogP contribution in [0, 0.1) is 11.3 Å². The van der Waals surface area contributed by atoms with Crippen LogP contribution in [0.15, 0.2) is 48.5 Å². The van der Waals surface area contributed by atoms with Gasteiger partial charge in [-0.25, -0.2) is 4.79 Å². The Balaban J connectivity index is 2.02. The van der Waals surface area contributed by atoms with E-state index in [9.17, 15) is 9.59 Å². The summed E-state index contributed by atoms with van der Waals surface area (Å²) < 4.78 is 5.14. The number of carbonyl (C=O) groups is 2. The number of rotatable bonds is 6. The van der Waals surface area contributed by atoms with Gasteiger partial charge < -0.3 is 10.1 Å². The van der Waals surface area contributed by atoms with Crippen molar-refractivity contribution in [2.24, 2.45) is 0 Å². The molecule has 0 saturated heterocycles. The number of hydrogen-bond donors (Lipinski definition) is 2. The van der Waals surface area contributed by atoms with Crippen LogP contribution < -0.4 is 15.4 Å². The van der Waals surface area contributed by atoms with E-state index in [1.807, 2.05) is 36.4 Å². The molecule has 0 unspecified atom stereocenters. The highest BCUT2D eigenvalue weighted by molar-refractivity contribution is 6.05. The summed E-state index contributed by atoms with van der Waals surface area (Å²) in [5.41, 5.74) is 2.43. The van der Waals surface area contributed by atoms with Crippen LogP contribution in [0.4, 0.5) is 4.79 Å². The van der Waals surface area contributed by atoms with E-state index >= 15 is 0 Å². The molecule has 0 aromatic heterocycles. The van der Waals surface area contributed by atoms with Crippen molar-refractivity contribution >= 4 is 11.9 Å². The standard InChI is InChI=1S/C19H19N3O3/c1-25-16-10-7-14(8-11-16)6-9-15-4-2-3-5-17(15)18(23)22-19(24)21-13-12-20/h2-5,7-8,10-11H,6,9,13H2,1H3,(H2,21,22,23,24). The largest absolute Gasteiger partial charge is 0.497 e. The van der Waals surface area contributed by atoms with E-state index in [1.165, 1.54) is 0 Å². The second-order valence-electron chi connectivity index (χ2n) is 5.30. The first-order chi connectivity index (χ1) is 12.1. The number of nitriles is 1. The van der Waals surface area contributed by atoms with Crippen LogP contribution in [-0.4, -0.2) is 25.6 Å². The highest BCUT2D eigenvalue weighted by atomic mass is 16.5. The minimum atomic E-state index is -0.684. The number of aryl methyl sites for hydroxylation is 2. The second-order valence-corrected chi connectivity index (χ2v) is 5.30. The van der Waals surface area contributed by atoms with Gasteiger partial charge in [0.15, 0.2) is 0 Å². The fourth-order valence-corrected chi connectivity index (χ4v) is 2.37. The maximum Gasteiger partial charge on any atom is 0.322 e. The predicted octanol–water partition coefficient (Wildman–Crippen LogP) is 2.44. The number of amides is 3. The number of urea groups is 1. The molecule has 2 rings (SSSR count). The normalized spacial score (nSPS) is 9.76. The van der Waals surface area contributed by atoms with Crippen LogP contribution in [-0.2, 0) is 12.8 Å². The van der Waals surface area contributed by atoms with Gasteiger partial charge in [0, 0.05) is 5.56 Å². The smallest absolute Gasteiger partial charge is 0.322 e. The maximum absolute atomic E-state index is 12.3. The van der Waals surface area contributed by atoms with E-state index in [1.54, 1.807) is 25.3 Å². The Morgan fingerprint density at radius 3 is 2.48 bits per heavy atom. The molecule has 0 fully saturated rings. The Kier molecular flexibility index (Phi) is 6.55. The number of nitrogens with one attached hydrogen (secondary N) is 2. The quantitative estimate of drug-likeness (QED) is 0.792. The molecule has 0 radical (unpaired) electrons. The summed E-state index contributed by atoms with van der Waals surface area (Å²) >= 11 is 0. The molecule has 2 aromatic carbocycles. The lowest BCUT2D eigenvalue weighted by Gasteiger charge is -2.10. The molecule has 0 aliphatic carbocycles. The molecule has 2 aromatic rings. The first kappa shape index (κ1) is 18.0. The number of carbonyl (C=O) groups excluding carboxylic acids is 2. The Labute approximate surface area is 146 Å². The van der Waals surface area contributed by atoms with Crippen LogP contribution in [0.1, 0.15) is 21.5 Å². The van der Waals surface area contributed by atoms with Crippen molar-refractivity contribution in [3.63, 3.8) is 0 Å². The fourth-order valence-electron chi connectivity index (χ4n) is 2.37. The second kappa shape index (κ2) is 9.08. The number of nitrogens with zero attached hydrogens (tertiary/aromatic N) is 1. The lowest BCUT2D eigenvalue weighted by Crippen LogP contribution is -2.39. The molecule has 128 valence electrons.